The van der Waals surface area contributed by atoms with E-state index in [1.807, 2.05) is 20.8 Å². The molecule has 0 aliphatic heterocycles. The molecule has 1 N–H and O–H groups in total. The Morgan fingerprint density at radius 3 is 2.06 bits per heavy atom. The van der Waals surface area contributed by atoms with Crippen molar-refractivity contribution in [3.63, 3.8) is 0 Å². The van der Waals surface area contributed by atoms with Crippen molar-refractivity contribution in [1.29, 1.82) is 0 Å². The summed E-state index contributed by atoms with van der Waals surface area (Å²) in [6.07, 6.45) is 2.88. The molecule has 0 aromatic carbocycles. The summed E-state index contributed by atoms with van der Waals surface area (Å²) in [5.74, 6) is 0.0999. The van der Waals surface area contributed by atoms with Crippen LogP contribution < -0.4 is 5.32 Å². The lowest BCUT2D eigenvalue weighted by Gasteiger charge is -2.34. The maximum absolute atomic E-state index is 12.4. The van der Waals surface area contributed by atoms with Crippen LogP contribution in [0.5, 0.6) is 0 Å². The summed E-state index contributed by atoms with van der Waals surface area (Å²) in [6.45, 7) is 5.65. The van der Waals surface area contributed by atoms with E-state index in [4.69, 9.17) is 0 Å². The van der Waals surface area contributed by atoms with Gasteiger partial charge in [-0.2, -0.15) is 0 Å². The maximum Gasteiger partial charge on any atom is 0.407 e. The van der Waals surface area contributed by atoms with E-state index in [0.29, 0.717) is 0 Å². The van der Waals surface area contributed by atoms with Crippen molar-refractivity contribution in [3.05, 3.63) is 0 Å². The summed E-state index contributed by atoms with van der Waals surface area (Å²) in [5.41, 5.74) is -1.14. The van der Waals surface area contributed by atoms with Crippen molar-refractivity contribution in [3.8, 4) is 0 Å². The second-order valence-electron chi connectivity index (χ2n) is 5.48. The molecule has 0 bridgehead atoms. The Hall–Kier alpha value is -1.06. The zero-order chi connectivity index (χ0) is 12.4. The molecule has 1 aliphatic carbocycles. The molecule has 1 fully saturated rings. The third kappa shape index (κ3) is 2.54. The molecule has 1 aliphatic rings. The number of rotatable bonds is 2. The molecule has 0 spiro atoms. The molecule has 4 nitrogen and oxygen atoms in total. The molecular weight excluding hydrogens is 206 g/mol. The minimum Gasteiger partial charge on any atom is -0.453 e. The molecule has 0 heterocycles. The topological polar surface area (TPSA) is 55.4 Å². The molecule has 0 saturated heterocycles. The highest BCUT2D eigenvalue weighted by Gasteiger charge is 2.46. The molecule has 1 saturated carbocycles. The molecule has 92 valence electrons. The predicted octanol–water partition coefficient (Wildman–Crippen LogP) is 2.27. The minimum atomic E-state index is -0.703. The van der Waals surface area contributed by atoms with Gasteiger partial charge in [0.25, 0.3) is 0 Å². The Morgan fingerprint density at radius 1 is 1.19 bits per heavy atom. The maximum atomic E-state index is 12.4. The summed E-state index contributed by atoms with van der Waals surface area (Å²) >= 11 is 0. The molecule has 4 heteroatoms. The third-order valence-electron chi connectivity index (χ3n) is 3.10. The van der Waals surface area contributed by atoms with Crippen LogP contribution in [0.15, 0.2) is 0 Å². The number of methoxy groups -OCH3 is 1. The molecular formula is C12H21NO3. The number of ketones is 1. The van der Waals surface area contributed by atoms with Crippen LogP contribution in [-0.2, 0) is 9.53 Å². The second-order valence-corrected chi connectivity index (χ2v) is 5.48. The van der Waals surface area contributed by atoms with Gasteiger partial charge in [-0.25, -0.2) is 4.79 Å². The Bertz CT molecular complexity index is 285. The number of nitrogens with one attached hydrogen (secondary N) is 1. The van der Waals surface area contributed by atoms with E-state index < -0.39 is 17.0 Å². The van der Waals surface area contributed by atoms with Gasteiger partial charge in [-0.15, -0.1) is 0 Å². The summed E-state index contributed by atoms with van der Waals surface area (Å²) in [5, 5.41) is 2.74. The first-order valence-corrected chi connectivity index (χ1v) is 5.73. The van der Waals surface area contributed by atoms with E-state index in [1.165, 1.54) is 7.11 Å². The number of hydrogen-bond donors (Lipinski definition) is 1. The van der Waals surface area contributed by atoms with Gasteiger partial charge in [0.05, 0.1) is 7.11 Å². The third-order valence-corrected chi connectivity index (χ3v) is 3.10. The van der Waals surface area contributed by atoms with Crippen LogP contribution in [0.2, 0.25) is 0 Å². The van der Waals surface area contributed by atoms with Gasteiger partial charge in [0, 0.05) is 5.41 Å². The Balaban J connectivity index is 2.89. The summed E-state index contributed by atoms with van der Waals surface area (Å²) in [6, 6.07) is 0. The lowest BCUT2D eigenvalue weighted by atomic mass is 9.77. The number of alkyl carbamates (subject to hydrolysis) is 1. The lowest BCUT2D eigenvalue weighted by molar-refractivity contribution is -0.132. The number of Topliss-reactive ketones (excluding diaryl/α,β-unsaturated/α-hetero) is 1. The SMILES string of the molecule is COC(=O)NC1(C(=O)C(C)(C)C)CCCC1. The molecule has 1 rings (SSSR count). The quantitative estimate of drug-likeness (QED) is 0.787. The Kier molecular flexibility index (Phi) is 3.61. The van der Waals surface area contributed by atoms with Gasteiger partial charge in [0.15, 0.2) is 5.78 Å². The molecule has 16 heavy (non-hydrogen) atoms. The summed E-state index contributed by atoms with van der Waals surface area (Å²) in [4.78, 5) is 23.7. The Morgan fingerprint density at radius 2 is 1.69 bits per heavy atom. The van der Waals surface area contributed by atoms with Crippen LogP contribution in [0.1, 0.15) is 46.5 Å². The molecule has 0 atom stereocenters. The molecule has 0 radical (unpaired) electrons. The Labute approximate surface area is 96.7 Å². The largest absolute Gasteiger partial charge is 0.453 e. The molecule has 0 aromatic rings. The van der Waals surface area contributed by atoms with Crippen molar-refractivity contribution >= 4 is 11.9 Å². The van der Waals surface area contributed by atoms with Gasteiger partial charge >= 0.3 is 6.09 Å². The highest BCUT2D eigenvalue weighted by molar-refractivity contribution is 5.95. The number of carbonyl (C=O) groups excluding carboxylic acids is 2. The summed E-state index contributed by atoms with van der Waals surface area (Å²) in [7, 11) is 1.32. The van der Waals surface area contributed by atoms with Gasteiger partial charge in [-0.05, 0) is 12.8 Å². The van der Waals surface area contributed by atoms with Crippen LogP contribution in [0.4, 0.5) is 4.79 Å². The average Bonchev–Trinajstić information content (AvgIpc) is 2.64. The predicted molar refractivity (Wildman–Crippen MR) is 61.2 cm³/mol. The van der Waals surface area contributed by atoms with E-state index in [9.17, 15) is 9.59 Å². The lowest BCUT2D eigenvalue weighted by Crippen LogP contribution is -2.56. The van der Waals surface area contributed by atoms with Gasteiger partial charge in [0.2, 0.25) is 0 Å². The average molecular weight is 227 g/mol. The van der Waals surface area contributed by atoms with Gasteiger partial charge in [-0.3, -0.25) is 4.79 Å². The number of amides is 1. The zero-order valence-corrected chi connectivity index (χ0v) is 10.6. The molecule has 1 amide bonds. The highest BCUT2D eigenvalue weighted by Crippen LogP contribution is 2.36. The highest BCUT2D eigenvalue weighted by atomic mass is 16.5. The van der Waals surface area contributed by atoms with E-state index in [-0.39, 0.29) is 5.78 Å². The van der Waals surface area contributed by atoms with E-state index in [2.05, 4.69) is 10.1 Å². The smallest absolute Gasteiger partial charge is 0.407 e. The van der Waals surface area contributed by atoms with Crippen molar-refractivity contribution in [2.75, 3.05) is 7.11 Å². The van der Waals surface area contributed by atoms with Crippen molar-refractivity contribution < 1.29 is 14.3 Å². The molecule has 0 aromatic heterocycles. The fraction of sp³-hybridized carbons (Fsp3) is 0.833. The zero-order valence-electron chi connectivity index (χ0n) is 10.6. The molecule has 0 unspecified atom stereocenters. The van der Waals surface area contributed by atoms with Crippen LogP contribution in [0.3, 0.4) is 0 Å². The fourth-order valence-corrected chi connectivity index (χ4v) is 2.35. The van der Waals surface area contributed by atoms with Crippen LogP contribution >= 0.6 is 0 Å². The number of hydrogen-bond acceptors (Lipinski definition) is 3. The first-order chi connectivity index (χ1) is 7.32. The van der Waals surface area contributed by atoms with Crippen LogP contribution in [0, 0.1) is 5.41 Å². The number of ether oxygens (including phenoxy) is 1. The first kappa shape index (κ1) is 13.0. The monoisotopic (exact) mass is 227 g/mol. The second kappa shape index (κ2) is 4.44. The van der Waals surface area contributed by atoms with E-state index >= 15 is 0 Å². The van der Waals surface area contributed by atoms with Crippen molar-refractivity contribution in [2.45, 2.75) is 52.0 Å². The first-order valence-electron chi connectivity index (χ1n) is 5.73. The minimum absolute atomic E-state index is 0.0999. The normalized spacial score (nSPS) is 19.2. The summed E-state index contributed by atoms with van der Waals surface area (Å²) < 4.78 is 4.60. The number of carbonyl (C=O) groups is 2. The van der Waals surface area contributed by atoms with Crippen molar-refractivity contribution in [1.82, 2.24) is 5.32 Å². The fourth-order valence-electron chi connectivity index (χ4n) is 2.35. The van der Waals surface area contributed by atoms with Crippen molar-refractivity contribution in [2.24, 2.45) is 5.41 Å². The van der Waals surface area contributed by atoms with Gasteiger partial charge in [0.1, 0.15) is 5.54 Å². The van der Waals surface area contributed by atoms with Gasteiger partial charge < -0.3 is 10.1 Å². The van der Waals surface area contributed by atoms with E-state index in [1.54, 1.807) is 0 Å². The standard InChI is InChI=1S/C12H21NO3/c1-11(2,3)9(14)12(7-5-6-8-12)13-10(15)16-4/h5-8H2,1-4H3,(H,13,15). The van der Waals surface area contributed by atoms with Crippen LogP contribution in [0.25, 0.3) is 0 Å². The van der Waals surface area contributed by atoms with E-state index in [0.717, 1.165) is 25.7 Å². The van der Waals surface area contributed by atoms with Crippen LogP contribution in [-0.4, -0.2) is 24.5 Å². The van der Waals surface area contributed by atoms with Gasteiger partial charge in [-0.1, -0.05) is 33.6 Å².